The molecule has 1 saturated carbocycles. The number of halogens is 1. The van der Waals surface area contributed by atoms with Crippen molar-refractivity contribution in [3.8, 4) is 0 Å². The fourth-order valence-electron chi connectivity index (χ4n) is 3.00. The van der Waals surface area contributed by atoms with Crippen molar-refractivity contribution in [3.05, 3.63) is 5.28 Å². The lowest BCUT2D eigenvalue weighted by Crippen LogP contribution is -2.39. The van der Waals surface area contributed by atoms with E-state index in [-0.39, 0.29) is 33.4 Å². The van der Waals surface area contributed by atoms with Gasteiger partial charge in [0.1, 0.15) is 11.2 Å². The first-order chi connectivity index (χ1) is 11.7. The van der Waals surface area contributed by atoms with Gasteiger partial charge in [0.15, 0.2) is 20.5 Å². The first-order valence-corrected chi connectivity index (χ1v) is 9.88. The number of amides is 1. The van der Waals surface area contributed by atoms with Gasteiger partial charge in [-0.05, 0) is 37.3 Å². The van der Waals surface area contributed by atoms with Crippen LogP contribution in [0.15, 0.2) is 5.03 Å². The van der Waals surface area contributed by atoms with Crippen LogP contribution < -0.4 is 10.6 Å². The van der Waals surface area contributed by atoms with Crippen LogP contribution in [-0.4, -0.2) is 58.1 Å². The summed E-state index contributed by atoms with van der Waals surface area (Å²) in [5, 5.41) is 20.9. The van der Waals surface area contributed by atoms with Crippen LogP contribution in [0.3, 0.4) is 0 Å². The van der Waals surface area contributed by atoms with Crippen LogP contribution in [0, 0.1) is 0 Å². The largest absolute Gasteiger partial charge is 0.465 e. The average Bonchev–Trinajstić information content (AvgIpc) is 2.92. The molecule has 1 amide bonds. The minimum Gasteiger partial charge on any atom is -0.465 e. The topological polar surface area (TPSA) is 150 Å². The van der Waals surface area contributed by atoms with E-state index in [0.717, 1.165) is 6.26 Å². The van der Waals surface area contributed by atoms with Crippen molar-refractivity contribution in [3.63, 3.8) is 0 Å². The molecule has 2 aromatic rings. The first kappa shape index (κ1) is 17.7. The van der Waals surface area contributed by atoms with Crippen LogP contribution in [0.5, 0.6) is 0 Å². The summed E-state index contributed by atoms with van der Waals surface area (Å²) in [6, 6.07) is -0.0617. The summed E-state index contributed by atoms with van der Waals surface area (Å²) in [7, 11) is -3.57. The number of anilines is 1. The Morgan fingerprint density at radius 2 is 1.88 bits per heavy atom. The number of aromatic nitrogens is 4. The Hall–Kier alpha value is -2.14. The maximum atomic E-state index is 11.9. The van der Waals surface area contributed by atoms with Gasteiger partial charge in [0.2, 0.25) is 5.28 Å². The number of hydrogen-bond acceptors (Lipinski definition) is 7. The third kappa shape index (κ3) is 3.93. The SMILES string of the molecule is CS(=O)(=O)c1n[nH]c2nc(Cl)nc(NC3CCC(NC(=O)O)CC3)c12. The molecular weight excluding hydrogens is 372 g/mol. The maximum absolute atomic E-state index is 11.9. The van der Waals surface area contributed by atoms with Crippen LogP contribution in [0.1, 0.15) is 25.7 Å². The molecule has 12 heteroatoms. The van der Waals surface area contributed by atoms with Crippen LogP contribution in [0.25, 0.3) is 11.0 Å². The second-order valence-electron chi connectivity index (χ2n) is 6.01. The number of aromatic amines is 1. The summed E-state index contributed by atoms with van der Waals surface area (Å²) in [6.45, 7) is 0. The van der Waals surface area contributed by atoms with Gasteiger partial charge in [-0.2, -0.15) is 15.1 Å². The van der Waals surface area contributed by atoms with E-state index in [1.54, 1.807) is 0 Å². The monoisotopic (exact) mass is 388 g/mol. The number of carboxylic acid groups (broad SMARTS) is 1. The molecular formula is C13H17ClN6O4S. The van der Waals surface area contributed by atoms with E-state index in [9.17, 15) is 13.2 Å². The standard InChI is InChI=1S/C13H17ClN6O4S/c1-25(23,24)11-8-9(17-12(14)18-10(8)19-20-11)15-6-2-4-7(5-3-6)16-13(21)22/h6-7,16H,2-5H2,1H3,(H,21,22)(H2,15,17,18,19,20). The number of fused-ring (bicyclic) bond motifs is 1. The summed E-state index contributed by atoms with van der Waals surface area (Å²) in [5.41, 5.74) is 0.240. The van der Waals surface area contributed by atoms with Gasteiger partial charge >= 0.3 is 6.09 Å². The molecule has 2 aromatic heterocycles. The highest BCUT2D eigenvalue weighted by molar-refractivity contribution is 7.90. The Morgan fingerprint density at radius 1 is 1.24 bits per heavy atom. The zero-order valence-corrected chi connectivity index (χ0v) is 14.9. The third-order valence-electron chi connectivity index (χ3n) is 4.11. The molecule has 1 fully saturated rings. The lowest BCUT2D eigenvalue weighted by molar-refractivity contribution is 0.185. The number of sulfone groups is 1. The normalized spacial score (nSPS) is 21.2. The molecule has 136 valence electrons. The molecule has 0 saturated heterocycles. The van der Waals surface area contributed by atoms with Gasteiger partial charge in [0.05, 0.1) is 0 Å². The second-order valence-corrected chi connectivity index (χ2v) is 8.28. The second kappa shape index (κ2) is 6.64. The minimum absolute atomic E-state index is 0.0170. The van der Waals surface area contributed by atoms with Crippen molar-refractivity contribution in [2.75, 3.05) is 11.6 Å². The Morgan fingerprint density at radius 3 is 2.48 bits per heavy atom. The highest BCUT2D eigenvalue weighted by atomic mass is 35.5. The molecule has 3 rings (SSSR count). The van der Waals surface area contributed by atoms with Crippen molar-refractivity contribution >= 4 is 44.4 Å². The molecule has 0 bridgehead atoms. The Balaban J connectivity index is 1.84. The highest BCUT2D eigenvalue weighted by Crippen LogP contribution is 2.29. The quantitative estimate of drug-likeness (QED) is 0.574. The predicted molar refractivity (Wildman–Crippen MR) is 90.6 cm³/mol. The third-order valence-corrected chi connectivity index (χ3v) is 5.27. The van der Waals surface area contributed by atoms with Crippen LogP contribution >= 0.6 is 11.6 Å². The molecule has 0 radical (unpaired) electrons. The average molecular weight is 389 g/mol. The molecule has 10 nitrogen and oxygen atoms in total. The molecule has 0 aliphatic heterocycles. The van der Waals surface area contributed by atoms with E-state index in [1.807, 2.05) is 0 Å². The highest BCUT2D eigenvalue weighted by Gasteiger charge is 2.26. The molecule has 0 spiro atoms. The van der Waals surface area contributed by atoms with E-state index in [2.05, 4.69) is 30.8 Å². The van der Waals surface area contributed by atoms with Crippen molar-refractivity contribution in [1.29, 1.82) is 0 Å². The maximum Gasteiger partial charge on any atom is 0.404 e. The van der Waals surface area contributed by atoms with E-state index < -0.39 is 15.9 Å². The molecule has 1 aliphatic rings. The zero-order valence-electron chi connectivity index (χ0n) is 13.3. The Labute approximate surface area is 148 Å². The molecule has 1 aliphatic carbocycles. The molecule has 25 heavy (non-hydrogen) atoms. The van der Waals surface area contributed by atoms with Gasteiger partial charge in [-0.1, -0.05) is 0 Å². The summed E-state index contributed by atoms with van der Waals surface area (Å²) >= 11 is 5.91. The molecule has 0 atom stereocenters. The fourth-order valence-corrected chi connectivity index (χ4v) is 3.94. The first-order valence-electron chi connectivity index (χ1n) is 7.61. The lowest BCUT2D eigenvalue weighted by atomic mass is 9.91. The molecule has 0 aromatic carbocycles. The Kier molecular flexibility index (Phi) is 4.69. The predicted octanol–water partition coefficient (Wildman–Crippen LogP) is 1.40. The lowest BCUT2D eigenvalue weighted by Gasteiger charge is -2.29. The number of hydrogen-bond donors (Lipinski definition) is 4. The Bertz CT molecular complexity index is 907. The number of nitrogens with zero attached hydrogens (tertiary/aromatic N) is 3. The van der Waals surface area contributed by atoms with E-state index >= 15 is 0 Å². The number of carbonyl (C=O) groups is 1. The number of nitrogens with one attached hydrogen (secondary N) is 3. The fraction of sp³-hybridized carbons (Fsp3) is 0.538. The van der Waals surface area contributed by atoms with Crippen molar-refractivity contribution < 1.29 is 18.3 Å². The van der Waals surface area contributed by atoms with Crippen molar-refractivity contribution in [1.82, 2.24) is 25.5 Å². The van der Waals surface area contributed by atoms with Gasteiger partial charge in [0, 0.05) is 18.3 Å². The number of H-pyrrole nitrogens is 1. The van der Waals surface area contributed by atoms with Gasteiger partial charge in [-0.25, -0.2) is 13.2 Å². The van der Waals surface area contributed by atoms with Crippen LogP contribution in [0.4, 0.5) is 10.6 Å². The smallest absolute Gasteiger partial charge is 0.404 e. The van der Waals surface area contributed by atoms with Crippen molar-refractivity contribution in [2.45, 2.75) is 42.8 Å². The summed E-state index contributed by atoms with van der Waals surface area (Å²) < 4.78 is 23.8. The minimum atomic E-state index is -3.57. The number of rotatable bonds is 4. The summed E-state index contributed by atoms with van der Waals surface area (Å²) in [6.07, 6.45) is 2.80. The van der Waals surface area contributed by atoms with Crippen molar-refractivity contribution in [2.24, 2.45) is 0 Å². The van der Waals surface area contributed by atoms with Gasteiger partial charge in [0.25, 0.3) is 0 Å². The van der Waals surface area contributed by atoms with Crippen LogP contribution in [-0.2, 0) is 9.84 Å². The molecule has 4 N–H and O–H groups in total. The summed E-state index contributed by atoms with van der Waals surface area (Å²) in [4.78, 5) is 18.8. The van der Waals surface area contributed by atoms with Gasteiger partial charge < -0.3 is 15.7 Å². The molecule has 0 unspecified atom stereocenters. The van der Waals surface area contributed by atoms with E-state index in [4.69, 9.17) is 16.7 Å². The molecule has 2 heterocycles. The zero-order chi connectivity index (χ0) is 18.2. The van der Waals surface area contributed by atoms with E-state index in [1.165, 1.54) is 0 Å². The van der Waals surface area contributed by atoms with Gasteiger partial charge in [-0.3, -0.25) is 5.10 Å². The van der Waals surface area contributed by atoms with Crippen LogP contribution in [0.2, 0.25) is 5.28 Å². The summed E-state index contributed by atoms with van der Waals surface area (Å²) in [5.74, 6) is 0.304. The van der Waals surface area contributed by atoms with E-state index in [0.29, 0.717) is 31.5 Å². The van der Waals surface area contributed by atoms with Gasteiger partial charge in [-0.15, -0.1) is 0 Å².